The minimum absolute atomic E-state index is 0.0988. The molecule has 0 spiro atoms. The van der Waals surface area contributed by atoms with E-state index in [1.165, 1.54) is 11.8 Å². The second kappa shape index (κ2) is 5.08. The molecule has 3 nitrogen and oxygen atoms in total. The third kappa shape index (κ3) is 2.26. The quantitative estimate of drug-likeness (QED) is 0.909. The molecule has 0 saturated carbocycles. The lowest BCUT2D eigenvalue weighted by Crippen LogP contribution is -2.20. The third-order valence-electron chi connectivity index (χ3n) is 2.77. The highest BCUT2D eigenvalue weighted by molar-refractivity contribution is 8.04. The average Bonchev–Trinajstić information content (AvgIpc) is 2.36. The van der Waals surface area contributed by atoms with Crippen LogP contribution < -0.4 is 0 Å². The van der Waals surface area contributed by atoms with Crippen molar-refractivity contribution >= 4 is 23.3 Å². The molecule has 1 atom stereocenters. The fourth-order valence-corrected chi connectivity index (χ4v) is 2.81. The van der Waals surface area contributed by atoms with Gasteiger partial charge in [0.2, 0.25) is 0 Å². The molecular weight excluding hydrogens is 248 g/mol. The van der Waals surface area contributed by atoms with Crippen LogP contribution in [-0.4, -0.2) is 28.5 Å². The van der Waals surface area contributed by atoms with Crippen LogP contribution in [0.5, 0.6) is 0 Å². The topological polar surface area (TPSA) is 54.4 Å². The Balaban J connectivity index is 2.40. The van der Waals surface area contributed by atoms with Crippen LogP contribution in [0.1, 0.15) is 34.6 Å². The van der Waals surface area contributed by atoms with E-state index < -0.39 is 6.10 Å². The standard InChI is InChI=1S/C14H14O3S/c1-8(15)7-18-14-9(2)12(16)10-5-3-4-6-11(10)13(14)17/h3-6,8,15H,7H2,1-2H3. The number of Topliss-reactive ketones (excluding diaryl/α,β-unsaturated/α-hetero) is 2. The molecule has 0 bridgehead atoms. The maximum absolute atomic E-state index is 12.3. The number of rotatable bonds is 3. The molecule has 0 heterocycles. The van der Waals surface area contributed by atoms with E-state index in [4.69, 9.17) is 0 Å². The molecule has 94 valence electrons. The Morgan fingerprint density at radius 3 is 2.28 bits per heavy atom. The molecule has 18 heavy (non-hydrogen) atoms. The Bertz CT molecular complexity index is 544. The average molecular weight is 262 g/mol. The minimum atomic E-state index is -0.504. The van der Waals surface area contributed by atoms with Crippen LogP contribution in [0.15, 0.2) is 34.7 Å². The van der Waals surface area contributed by atoms with Gasteiger partial charge in [-0.05, 0) is 13.8 Å². The van der Waals surface area contributed by atoms with Gasteiger partial charge in [-0.15, -0.1) is 11.8 Å². The highest BCUT2D eigenvalue weighted by atomic mass is 32.2. The summed E-state index contributed by atoms with van der Waals surface area (Å²) < 4.78 is 0. The Morgan fingerprint density at radius 2 is 1.72 bits per heavy atom. The Morgan fingerprint density at radius 1 is 1.17 bits per heavy atom. The molecule has 0 amide bonds. The Hall–Kier alpha value is -1.39. The maximum atomic E-state index is 12.3. The number of hydrogen-bond acceptors (Lipinski definition) is 4. The van der Waals surface area contributed by atoms with E-state index >= 15 is 0 Å². The number of benzene rings is 1. The van der Waals surface area contributed by atoms with Crippen molar-refractivity contribution in [3.8, 4) is 0 Å². The SMILES string of the molecule is CC1=C(SCC(C)O)C(=O)c2ccccc2C1=O. The first kappa shape index (κ1) is 13.1. The van der Waals surface area contributed by atoms with Crippen LogP contribution in [0.3, 0.4) is 0 Å². The highest BCUT2D eigenvalue weighted by Crippen LogP contribution is 2.32. The van der Waals surface area contributed by atoms with Crippen LogP contribution in [-0.2, 0) is 0 Å². The van der Waals surface area contributed by atoms with Crippen LogP contribution in [0.2, 0.25) is 0 Å². The third-order valence-corrected chi connectivity index (χ3v) is 4.20. The zero-order chi connectivity index (χ0) is 13.3. The van der Waals surface area contributed by atoms with Crippen molar-refractivity contribution in [2.45, 2.75) is 20.0 Å². The molecular formula is C14H14O3S. The summed E-state index contributed by atoms with van der Waals surface area (Å²) in [6.07, 6.45) is -0.504. The van der Waals surface area contributed by atoms with Gasteiger partial charge in [-0.2, -0.15) is 0 Å². The number of carbonyl (C=O) groups is 2. The van der Waals surface area contributed by atoms with E-state index in [1.54, 1.807) is 38.1 Å². The van der Waals surface area contributed by atoms with Gasteiger partial charge in [-0.1, -0.05) is 24.3 Å². The molecule has 1 aliphatic carbocycles. The van der Waals surface area contributed by atoms with Crippen molar-refractivity contribution in [2.75, 3.05) is 5.75 Å². The predicted octanol–water partition coefficient (Wildman–Crippen LogP) is 2.45. The second-order valence-corrected chi connectivity index (χ2v) is 5.35. The van der Waals surface area contributed by atoms with Crippen LogP contribution >= 0.6 is 11.8 Å². The number of aliphatic hydroxyl groups is 1. The van der Waals surface area contributed by atoms with E-state index in [2.05, 4.69) is 0 Å². The first-order chi connectivity index (χ1) is 8.52. The Labute approximate surface area is 110 Å². The van der Waals surface area contributed by atoms with Crippen LogP contribution in [0.4, 0.5) is 0 Å². The first-order valence-electron chi connectivity index (χ1n) is 5.72. The number of carbonyl (C=O) groups excluding carboxylic acids is 2. The summed E-state index contributed by atoms with van der Waals surface area (Å²) in [5, 5.41) is 9.28. The van der Waals surface area contributed by atoms with Gasteiger partial charge in [0, 0.05) is 22.5 Å². The molecule has 1 aliphatic rings. The largest absolute Gasteiger partial charge is 0.393 e. The van der Waals surface area contributed by atoms with Crippen molar-refractivity contribution < 1.29 is 14.7 Å². The number of fused-ring (bicyclic) bond motifs is 1. The molecule has 2 rings (SSSR count). The fourth-order valence-electron chi connectivity index (χ4n) is 1.85. The van der Waals surface area contributed by atoms with E-state index in [0.29, 0.717) is 27.4 Å². The zero-order valence-corrected chi connectivity index (χ0v) is 11.1. The van der Waals surface area contributed by atoms with Crippen molar-refractivity contribution in [3.63, 3.8) is 0 Å². The van der Waals surface area contributed by atoms with E-state index in [9.17, 15) is 14.7 Å². The van der Waals surface area contributed by atoms with Crippen molar-refractivity contribution in [3.05, 3.63) is 45.9 Å². The van der Waals surface area contributed by atoms with Gasteiger partial charge >= 0.3 is 0 Å². The zero-order valence-electron chi connectivity index (χ0n) is 10.3. The van der Waals surface area contributed by atoms with Gasteiger partial charge in [0.05, 0.1) is 11.0 Å². The monoisotopic (exact) mass is 262 g/mol. The van der Waals surface area contributed by atoms with Gasteiger partial charge in [0.15, 0.2) is 11.6 Å². The van der Waals surface area contributed by atoms with Gasteiger partial charge in [-0.25, -0.2) is 0 Å². The number of aliphatic hydroxyl groups excluding tert-OH is 1. The lowest BCUT2D eigenvalue weighted by molar-refractivity contribution is 0.0981. The van der Waals surface area contributed by atoms with Gasteiger partial charge in [-0.3, -0.25) is 9.59 Å². The highest BCUT2D eigenvalue weighted by Gasteiger charge is 2.29. The summed E-state index contributed by atoms with van der Waals surface area (Å²) in [6.45, 7) is 3.33. The van der Waals surface area contributed by atoms with Gasteiger partial charge in [0.1, 0.15) is 0 Å². The fraction of sp³-hybridized carbons (Fsp3) is 0.286. The van der Waals surface area contributed by atoms with E-state index in [-0.39, 0.29) is 11.6 Å². The second-order valence-electron chi connectivity index (χ2n) is 4.32. The summed E-state index contributed by atoms with van der Waals surface area (Å²) in [4.78, 5) is 24.9. The smallest absolute Gasteiger partial charge is 0.200 e. The summed E-state index contributed by atoms with van der Waals surface area (Å²) in [7, 11) is 0. The predicted molar refractivity (Wildman–Crippen MR) is 71.9 cm³/mol. The normalized spacial score (nSPS) is 16.8. The molecule has 0 fully saturated rings. The lowest BCUT2D eigenvalue weighted by atomic mass is 9.90. The molecule has 0 saturated heterocycles. The van der Waals surface area contributed by atoms with Crippen LogP contribution in [0.25, 0.3) is 0 Å². The van der Waals surface area contributed by atoms with Crippen molar-refractivity contribution in [1.82, 2.24) is 0 Å². The number of hydrogen-bond donors (Lipinski definition) is 1. The molecule has 1 aromatic rings. The molecule has 0 aliphatic heterocycles. The summed E-state index contributed by atoms with van der Waals surface area (Å²) >= 11 is 1.25. The number of allylic oxidation sites excluding steroid dienone is 2. The molecule has 1 unspecified atom stereocenters. The summed E-state index contributed by atoms with van der Waals surface area (Å²) in [6, 6.07) is 6.85. The van der Waals surface area contributed by atoms with E-state index in [0.717, 1.165) is 0 Å². The molecule has 1 N–H and O–H groups in total. The minimum Gasteiger partial charge on any atom is -0.393 e. The summed E-state index contributed by atoms with van der Waals surface area (Å²) in [5.74, 6) is 0.195. The van der Waals surface area contributed by atoms with Crippen molar-refractivity contribution in [2.24, 2.45) is 0 Å². The van der Waals surface area contributed by atoms with Crippen LogP contribution in [0, 0.1) is 0 Å². The molecule has 1 aromatic carbocycles. The summed E-state index contributed by atoms with van der Waals surface area (Å²) in [5.41, 5.74) is 1.41. The maximum Gasteiger partial charge on any atom is 0.200 e. The Kier molecular flexibility index (Phi) is 3.68. The first-order valence-corrected chi connectivity index (χ1v) is 6.71. The molecule has 0 aromatic heterocycles. The van der Waals surface area contributed by atoms with Gasteiger partial charge in [0.25, 0.3) is 0 Å². The van der Waals surface area contributed by atoms with E-state index in [1.807, 2.05) is 0 Å². The molecule has 4 heteroatoms. The molecule has 0 radical (unpaired) electrons. The number of ketones is 2. The van der Waals surface area contributed by atoms with Crippen molar-refractivity contribution in [1.29, 1.82) is 0 Å². The van der Waals surface area contributed by atoms with Gasteiger partial charge < -0.3 is 5.11 Å². The number of thioether (sulfide) groups is 1. The lowest BCUT2D eigenvalue weighted by Gasteiger charge is -2.18.